The van der Waals surface area contributed by atoms with Crippen molar-refractivity contribution in [3.8, 4) is 0 Å². The number of piperidine rings is 3. The summed E-state index contributed by atoms with van der Waals surface area (Å²) in [4.78, 5) is 67.0. The molecule has 0 spiro atoms. The van der Waals surface area contributed by atoms with Crippen LogP contribution in [0.3, 0.4) is 0 Å². The molecule has 0 radical (unpaired) electrons. The van der Waals surface area contributed by atoms with Gasteiger partial charge in [-0.25, -0.2) is 4.79 Å². The van der Waals surface area contributed by atoms with Gasteiger partial charge in [-0.2, -0.15) is 8.78 Å². The molecule has 0 aromatic heterocycles. The van der Waals surface area contributed by atoms with Crippen LogP contribution < -0.4 is 15.5 Å². The van der Waals surface area contributed by atoms with Crippen LogP contribution in [0.4, 0.5) is 19.3 Å². The second-order valence-corrected chi connectivity index (χ2v) is 15.2. The van der Waals surface area contributed by atoms with Crippen molar-refractivity contribution in [3.05, 3.63) is 63.7 Å². The molecule has 280 valence electrons. The first-order valence-electron chi connectivity index (χ1n) is 17.7. The summed E-state index contributed by atoms with van der Waals surface area (Å²) in [5.74, 6) is -6.92. The van der Waals surface area contributed by atoms with Gasteiger partial charge in [0.15, 0.2) is 0 Å². The van der Waals surface area contributed by atoms with Gasteiger partial charge in [-0.1, -0.05) is 23.7 Å². The number of hydrogen-bond acceptors (Lipinski definition) is 8. The molecule has 0 saturated carbocycles. The summed E-state index contributed by atoms with van der Waals surface area (Å²) in [5, 5.41) is 4.95. The molecule has 4 heterocycles. The summed E-state index contributed by atoms with van der Waals surface area (Å²) in [5.41, 5.74) is 0.706. The van der Waals surface area contributed by atoms with Crippen LogP contribution in [-0.4, -0.2) is 89.6 Å². The van der Waals surface area contributed by atoms with Gasteiger partial charge < -0.3 is 29.5 Å². The number of carbonyl (C=O) groups excluding carboxylic acids is 5. The molecule has 1 unspecified atom stereocenters. The number of nitrogens with one attached hydrogen (secondary N) is 2. The molecular formula is C37H44ClF2N5O7. The van der Waals surface area contributed by atoms with Crippen molar-refractivity contribution in [2.75, 3.05) is 31.1 Å². The van der Waals surface area contributed by atoms with Gasteiger partial charge in [-0.05, 0) is 88.3 Å². The van der Waals surface area contributed by atoms with E-state index in [0.717, 1.165) is 56.6 Å². The zero-order chi connectivity index (χ0) is 37.4. The third-order valence-electron chi connectivity index (χ3n) is 9.90. The Morgan fingerprint density at radius 3 is 2.25 bits per heavy atom. The number of benzene rings is 2. The van der Waals surface area contributed by atoms with Crippen LogP contribution in [0.1, 0.15) is 86.3 Å². The summed E-state index contributed by atoms with van der Waals surface area (Å²) >= 11 is 6.64. The number of imide groups is 1. The lowest BCUT2D eigenvalue weighted by Crippen LogP contribution is -2.52. The average molecular weight is 744 g/mol. The monoisotopic (exact) mass is 743 g/mol. The Balaban J connectivity index is 0.972. The number of carbonyl (C=O) groups is 5. The quantitative estimate of drug-likeness (QED) is 0.365. The smallest absolute Gasteiger partial charge is 0.410 e. The molecule has 2 aromatic carbocycles. The molecule has 3 fully saturated rings. The number of anilines is 1. The number of halogens is 3. The predicted molar refractivity (Wildman–Crippen MR) is 187 cm³/mol. The zero-order valence-electron chi connectivity index (χ0n) is 29.5. The highest BCUT2D eigenvalue weighted by Gasteiger charge is 2.44. The normalized spacial score (nSPS) is 20.5. The highest BCUT2D eigenvalue weighted by molar-refractivity contribution is 6.33. The van der Waals surface area contributed by atoms with Gasteiger partial charge in [0.05, 0.1) is 22.9 Å². The van der Waals surface area contributed by atoms with E-state index >= 15 is 8.78 Å². The molecule has 2 N–H and O–H groups in total. The van der Waals surface area contributed by atoms with Crippen molar-refractivity contribution in [3.63, 3.8) is 0 Å². The molecule has 1 atom stereocenters. The molecule has 12 nitrogen and oxygen atoms in total. The standard InChI is InChI=1S/C37H44ClF2N5O7/c1-36(2,3)52-35(50)44-16-12-26(13-17-44)51-25-10-14-43(15-11-25)29-7-4-22(18-28(29)38)20-41-34(49)37(39,40)24-5-6-27-23(19-24)21-45(33(27)48)30-8-9-31(46)42-32(30)47/h4-7,18-19,25-26,30H,8-17,20-21H2,1-3H3,(H,41,49)(H,42,46,47). The van der Waals surface area contributed by atoms with E-state index in [9.17, 15) is 24.0 Å². The highest BCUT2D eigenvalue weighted by atomic mass is 35.5. The average Bonchev–Trinajstić information content (AvgIpc) is 3.42. The van der Waals surface area contributed by atoms with Gasteiger partial charge in [-0.3, -0.25) is 24.5 Å². The van der Waals surface area contributed by atoms with E-state index in [2.05, 4.69) is 15.5 Å². The van der Waals surface area contributed by atoms with Crippen molar-refractivity contribution in [1.29, 1.82) is 0 Å². The molecule has 2 aromatic rings. The SMILES string of the molecule is CC(C)(C)OC(=O)N1CCC(OC2CCN(c3ccc(CNC(=O)C(F)(F)c4ccc5c(c4)CN(C4CCC(=O)NC4=O)C5=O)cc3Cl)CC2)CC1. The zero-order valence-corrected chi connectivity index (χ0v) is 30.3. The van der Waals surface area contributed by atoms with E-state index in [0.29, 0.717) is 23.7 Å². The van der Waals surface area contributed by atoms with Gasteiger partial charge in [0.1, 0.15) is 11.6 Å². The number of fused-ring (bicyclic) bond motifs is 1. The molecule has 15 heteroatoms. The lowest BCUT2D eigenvalue weighted by Gasteiger charge is -2.38. The molecule has 5 amide bonds. The summed E-state index contributed by atoms with van der Waals surface area (Å²) in [6, 6.07) is 7.74. The number of nitrogens with zero attached hydrogens (tertiary/aromatic N) is 3. The topological polar surface area (TPSA) is 138 Å². The minimum Gasteiger partial charge on any atom is -0.444 e. The van der Waals surface area contributed by atoms with Crippen LogP contribution in [0.5, 0.6) is 0 Å². The second-order valence-electron chi connectivity index (χ2n) is 14.8. The summed E-state index contributed by atoms with van der Waals surface area (Å²) in [6.45, 7) is 7.94. The first kappa shape index (κ1) is 37.5. The van der Waals surface area contributed by atoms with Crippen LogP contribution in [0.15, 0.2) is 36.4 Å². The Morgan fingerprint density at radius 1 is 0.942 bits per heavy atom. The summed E-state index contributed by atoms with van der Waals surface area (Å²) in [7, 11) is 0. The maximum Gasteiger partial charge on any atom is 0.410 e. The summed E-state index contributed by atoms with van der Waals surface area (Å²) in [6.07, 6.45) is 3.24. The maximum atomic E-state index is 15.4. The fraction of sp³-hybridized carbons (Fsp3) is 0.541. The number of rotatable bonds is 8. The van der Waals surface area contributed by atoms with Gasteiger partial charge >= 0.3 is 12.0 Å². The first-order valence-corrected chi connectivity index (χ1v) is 18.1. The summed E-state index contributed by atoms with van der Waals surface area (Å²) < 4.78 is 42.6. The van der Waals surface area contributed by atoms with Crippen molar-refractivity contribution in [1.82, 2.24) is 20.4 Å². The van der Waals surface area contributed by atoms with E-state index in [-0.39, 0.29) is 55.4 Å². The lowest BCUT2D eigenvalue weighted by molar-refractivity contribution is -0.147. The van der Waals surface area contributed by atoms with Crippen LogP contribution in [0.2, 0.25) is 5.02 Å². The predicted octanol–water partition coefficient (Wildman–Crippen LogP) is 4.89. The molecule has 3 saturated heterocycles. The minimum absolute atomic E-state index is 0.0729. The van der Waals surface area contributed by atoms with E-state index in [1.807, 2.05) is 26.8 Å². The van der Waals surface area contributed by atoms with Crippen molar-refractivity contribution >= 4 is 47.0 Å². The van der Waals surface area contributed by atoms with Crippen molar-refractivity contribution in [2.45, 2.75) is 102 Å². The van der Waals surface area contributed by atoms with E-state index in [1.165, 1.54) is 11.0 Å². The molecular weight excluding hydrogens is 700 g/mol. The molecule has 0 bridgehead atoms. The fourth-order valence-electron chi connectivity index (χ4n) is 7.12. The van der Waals surface area contributed by atoms with E-state index in [4.69, 9.17) is 21.1 Å². The minimum atomic E-state index is -3.90. The molecule has 4 aliphatic heterocycles. The van der Waals surface area contributed by atoms with Gasteiger partial charge in [0.25, 0.3) is 11.8 Å². The fourth-order valence-corrected chi connectivity index (χ4v) is 7.44. The Labute approximate surface area is 306 Å². The van der Waals surface area contributed by atoms with Crippen molar-refractivity contribution in [2.24, 2.45) is 0 Å². The molecule has 52 heavy (non-hydrogen) atoms. The number of amides is 5. The largest absolute Gasteiger partial charge is 0.444 e. The first-order chi connectivity index (χ1) is 24.6. The number of likely N-dealkylation sites (tertiary alicyclic amines) is 1. The Bertz CT molecular complexity index is 1740. The van der Waals surface area contributed by atoms with Gasteiger partial charge in [-0.15, -0.1) is 0 Å². The molecule has 6 rings (SSSR count). The third-order valence-corrected chi connectivity index (χ3v) is 10.2. The Hall–Kier alpha value is -4.30. The number of alkyl halides is 2. The number of hydrogen-bond donors (Lipinski definition) is 2. The van der Waals surface area contributed by atoms with Crippen LogP contribution in [-0.2, 0) is 42.9 Å². The molecule has 4 aliphatic rings. The van der Waals surface area contributed by atoms with Crippen LogP contribution >= 0.6 is 11.6 Å². The maximum absolute atomic E-state index is 15.4. The Morgan fingerprint density at radius 2 is 1.62 bits per heavy atom. The number of ether oxygens (including phenoxy) is 2. The lowest BCUT2D eigenvalue weighted by atomic mass is 10.0. The van der Waals surface area contributed by atoms with E-state index < -0.39 is 46.8 Å². The Kier molecular flexibility index (Phi) is 10.8. The second kappa shape index (κ2) is 15.0. The third kappa shape index (κ3) is 8.33. The van der Waals surface area contributed by atoms with Gasteiger partial charge in [0.2, 0.25) is 11.8 Å². The highest BCUT2D eigenvalue weighted by Crippen LogP contribution is 2.35. The van der Waals surface area contributed by atoms with Crippen molar-refractivity contribution < 1.29 is 42.2 Å². The van der Waals surface area contributed by atoms with Crippen LogP contribution in [0.25, 0.3) is 0 Å². The molecule has 0 aliphatic carbocycles. The van der Waals surface area contributed by atoms with E-state index in [1.54, 1.807) is 17.0 Å². The van der Waals surface area contributed by atoms with Crippen LogP contribution in [0, 0.1) is 0 Å². The van der Waals surface area contributed by atoms with Gasteiger partial charge in [0, 0.05) is 56.8 Å².